The molecule has 1 aliphatic heterocycles. The van der Waals surface area contributed by atoms with Crippen molar-refractivity contribution in [2.24, 2.45) is 0 Å². The fourth-order valence-electron chi connectivity index (χ4n) is 2.93. The Balaban J connectivity index is 1.66. The Morgan fingerprint density at radius 1 is 1.15 bits per heavy atom. The smallest absolute Gasteiger partial charge is 0.249 e. The minimum Gasteiger partial charge on any atom is -0.322 e. The predicted molar refractivity (Wildman–Crippen MR) is 94.9 cm³/mol. The van der Waals surface area contributed by atoms with Crippen molar-refractivity contribution in [1.29, 1.82) is 0 Å². The van der Waals surface area contributed by atoms with Gasteiger partial charge in [-0.05, 0) is 36.4 Å². The molecule has 4 rings (SSSR count). The summed E-state index contributed by atoms with van der Waals surface area (Å²) in [5.74, 6) is -1.50. The summed E-state index contributed by atoms with van der Waals surface area (Å²) >= 11 is 0. The minimum absolute atomic E-state index is 0.0287. The lowest BCUT2D eigenvalue weighted by Crippen LogP contribution is -2.35. The minimum atomic E-state index is -0.928. The summed E-state index contributed by atoms with van der Waals surface area (Å²) in [4.78, 5) is 24.6. The van der Waals surface area contributed by atoms with Crippen molar-refractivity contribution < 1.29 is 18.4 Å². The van der Waals surface area contributed by atoms with Gasteiger partial charge in [0.05, 0.1) is 17.8 Å². The molecule has 6 nitrogen and oxygen atoms in total. The number of nitrogens with zero attached hydrogens (tertiary/aromatic N) is 2. The first kappa shape index (κ1) is 16.9. The molecule has 27 heavy (non-hydrogen) atoms. The van der Waals surface area contributed by atoms with E-state index in [9.17, 15) is 18.4 Å². The molecule has 0 saturated carbocycles. The van der Waals surface area contributed by atoms with Gasteiger partial charge in [-0.3, -0.25) is 9.59 Å². The molecule has 1 aliphatic rings. The second-order valence-corrected chi connectivity index (χ2v) is 6.10. The van der Waals surface area contributed by atoms with Crippen molar-refractivity contribution in [3.8, 4) is 11.3 Å². The van der Waals surface area contributed by atoms with Crippen LogP contribution in [-0.2, 0) is 9.59 Å². The van der Waals surface area contributed by atoms with Crippen molar-refractivity contribution in [1.82, 2.24) is 9.78 Å². The number of anilines is 2. The number of para-hydroxylation sites is 1. The molecule has 1 aromatic heterocycles. The maximum absolute atomic E-state index is 13.8. The molecule has 0 fully saturated rings. The van der Waals surface area contributed by atoms with Crippen LogP contribution in [0.3, 0.4) is 0 Å². The van der Waals surface area contributed by atoms with Gasteiger partial charge >= 0.3 is 0 Å². The van der Waals surface area contributed by atoms with E-state index < -0.39 is 17.8 Å². The zero-order valence-electron chi connectivity index (χ0n) is 13.9. The van der Waals surface area contributed by atoms with Gasteiger partial charge in [0, 0.05) is 11.6 Å². The summed E-state index contributed by atoms with van der Waals surface area (Å²) in [5.41, 5.74) is 1.15. The number of aromatic nitrogens is 2. The zero-order chi connectivity index (χ0) is 19.0. The van der Waals surface area contributed by atoms with Gasteiger partial charge in [-0.2, -0.15) is 5.10 Å². The second-order valence-electron chi connectivity index (χ2n) is 6.10. The van der Waals surface area contributed by atoms with E-state index in [0.29, 0.717) is 17.1 Å². The summed E-state index contributed by atoms with van der Waals surface area (Å²) in [6.07, 6.45) is -0.127. The number of amides is 2. The molecular weight excluding hydrogens is 354 g/mol. The molecule has 0 spiro atoms. The van der Waals surface area contributed by atoms with E-state index >= 15 is 0 Å². The maximum atomic E-state index is 13.8. The van der Waals surface area contributed by atoms with Crippen molar-refractivity contribution in [3.05, 3.63) is 66.2 Å². The molecule has 2 amide bonds. The van der Waals surface area contributed by atoms with Crippen LogP contribution < -0.4 is 10.6 Å². The van der Waals surface area contributed by atoms with Crippen molar-refractivity contribution in [2.45, 2.75) is 12.5 Å². The van der Waals surface area contributed by atoms with Crippen LogP contribution in [0.1, 0.15) is 12.5 Å². The van der Waals surface area contributed by atoms with Crippen LogP contribution >= 0.6 is 0 Å². The number of carbonyl (C=O) groups excluding carboxylic acids is 2. The Bertz CT molecular complexity index is 1030. The van der Waals surface area contributed by atoms with Gasteiger partial charge in [-0.25, -0.2) is 13.5 Å². The number of fused-ring (bicyclic) bond motifs is 1. The van der Waals surface area contributed by atoms with Crippen LogP contribution in [0.25, 0.3) is 11.3 Å². The van der Waals surface area contributed by atoms with Crippen LogP contribution in [0.2, 0.25) is 0 Å². The summed E-state index contributed by atoms with van der Waals surface area (Å²) < 4.78 is 28.3. The van der Waals surface area contributed by atoms with Gasteiger partial charge in [-0.1, -0.05) is 12.1 Å². The number of carbonyl (C=O) groups is 2. The highest BCUT2D eigenvalue weighted by Gasteiger charge is 2.32. The number of hydrogen-bond acceptors (Lipinski definition) is 3. The van der Waals surface area contributed by atoms with E-state index in [2.05, 4.69) is 15.7 Å². The fourth-order valence-corrected chi connectivity index (χ4v) is 2.93. The standard InChI is InChI=1S/C19H14F2N4O2/c20-12-7-5-11(6-8-12)15-9-17-23-18(26)10-16(25(17)24-15)19(27)22-14-4-2-1-3-13(14)21/h1-9,16H,10H2,(H,22,27)(H,23,26)/t16-/m0/s1. The van der Waals surface area contributed by atoms with Crippen LogP contribution in [0.4, 0.5) is 20.3 Å². The lowest BCUT2D eigenvalue weighted by Gasteiger charge is -2.23. The van der Waals surface area contributed by atoms with Crippen LogP contribution in [-0.4, -0.2) is 21.6 Å². The number of nitrogens with one attached hydrogen (secondary N) is 2. The molecule has 2 N–H and O–H groups in total. The van der Waals surface area contributed by atoms with E-state index in [1.54, 1.807) is 24.3 Å². The second kappa shape index (κ2) is 6.64. The van der Waals surface area contributed by atoms with Crippen LogP contribution in [0.15, 0.2) is 54.6 Å². The van der Waals surface area contributed by atoms with E-state index in [0.717, 1.165) is 0 Å². The third-order valence-electron chi connectivity index (χ3n) is 4.25. The van der Waals surface area contributed by atoms with E-state index in [4.69, 9.17) is 0 Å². The number of benzene rings is 2. The van der Waals surface area contributed by atoms with Crippen molar-refractivity contribution in [3.63, 3.8) is 0 Å². The predicted octanol–water partition coefficient (Wildman–Crippen LogP) is 3.35. The summed E-state index contributed by atoms with van der Waals surface area (Å²) in [5, 5.41) is 9.53. The Labute approximate surface area is 152 Å². The first-order valence-corrected chi connectivity index (χ1v) is 8.22. The Morgan fingerprint density at radius 2 is 1.89 bits per heavy atom. The molecule has 0 bridgehead atoms. The Morgan fingerprint density at radius 3 is 2.63 bits per heavy atom. The van der Waals surface area contributed by atoms with Crippen LogP contribution in [0.5, 0.6) is 0 Å². The highest BCUT2D eigenvalue weighted by Crippen LogP contribution is 2.30. The van der Waals surface area contributed by atoms with Gasteiger partial charge in [0.15, 0.2) is 0 Å². The van der Waals surface area contributed by atoms with Crippen LogP contribution in [0, 0.1) is 11.6 Å². The quantitative estimate of drug-likeness (QED) is 0.744. The molecule has 0 unspecified atom stereocenters. The monoisotopic (exact) mass is 368 g/mol. The van der Waals surface area contributed by atoms with E-state index in [1.165, 1.54) is 35.0 Å². The van der Waals surface area contributed by atoms with Crippen molar-refractivity contribution >= 4 is 23.3 Å². The third-order valence-corrected chi connectivity index (χ3v) is 4.25. The van der Waals surface area contributed by atoms with Gasteiger partial charge in [0.1, 0.15) is 23.5 Å². The van der Waals surface area contributed by atoms with E-state index in [1.807, 2.05) is 0 Å². The molecule has 3 aromatic rings. The van der Waals surface area contributed by atoms with Gasteiger partial charge in [0.2, 0.25) is 11.8 Å². The highest BCUT2D eigenvalue weighted by molar-refractivity contribution is 6.01. The summed E-state index contributed by atoms with van der Waals surface area (Å²) in [6, 6.07) is 12.2. The Kier molecular flexibility index (Phi) is 4.15. The largest absolute Gasteiger partial charge is 0.322 e. The fraction of sp³-hybridized carbons (Fsp3) is 0.105. The number of hydrogen-bond donors (Lipinski definition) is 2. The SMILES string of the molecule is O=C1C[C@@H](C(=O)Nc2ccccc2F)n2nc(-c3ccc(F)cc3)cc2N1. The molecule has 2 aromatic carbocycles. The zero-order valence-corrected chi connectivity index (χ0v) is 13.9. The first-order valence-electron chi connectivity index (χ1n) is 8.22. The average molecular weight is 368 g/mol. The summed E-state index contributed by atoms with van der Waals surface area (Å²) in [6.45, 7) is 0. The highest BCUT2D eigenvalue weighted by atomic mass is 19.1. The number of rotatable bonds is 3. The third kappa shape index (κ3) is 3.29. The molecule has 1 atom stereocenters. The molecule has 136 valence electrons. The Hall–Kier alpha value is -3.55. The lowest BCUT2D eigenvalue weighted by molar-refractivity contribution is -0.125. The van der Waals surface area contributed by atoms with E-state index in [-0.39, 0.29) is 23.8 Å². The molecule has 0 radical (unpaired) electrons. The normalized spacial score (nSPS) is 15.8. The average Bonchev–Trinajstić information content (AvgIpc) is 3.07. The molecule has 0 aliphatic carbocycles. The summed E-state index contributed by atoms with van der Waals surface area (Å²) in [7, 11) is 0. The molecule has 0 saturated heterocycles. The number of halogens is 2. The topological polar surface area (TPSA) is 76.0 Å². The van der Waals surface area contributed by atoms with Crippen molar-refractivity contribution in [2.75, 3.05) is 10.6 Å². The first-order chi connectivity index (χ1) is 13.0. The molecule has 8 heteroatoms. The van der Waals surface area contributed by atoms with Gasteiger partial charge in [-0.15, -0.1) is 0 Å². The molecule has 2 heterocycles. The van der Waals surface area contributed by atoms with Gasteiger partial charge in [0.25, 0.3) is 0 Å². The lowest BCUT2D eigenvalue weighted by atomic mass is 10.1. The maximum Gasteiger partial charge on any atom is 0.249 e. The van der Waals surface area contributed by atoms with Gasteiger partial charge < -0.3 is 10.6 Å². The molecular formula is C19H14F2N4O2.